The molecule has 0 aliphatic rings. The molecule has 1 heterocycles. The van der Waals surface area contributed by atoms with Crippen LogP contribution in [0.3, 0.4) is 0 Å². The third kappa shape index (κ3) is 3.51. The third-order valence-electron chi connectivity index (χ3n) is 3.53. The van der Waals surface area contributed by atoms with E-state index in [2.05, 4.69) is 21.0 Å². The number of halogens is 1. The molecule has 1 amide bonds. The summed E-state index contributed by atoms with van der Waals surface area (Å²) in [6.07, 6.45) is 3.73. The minimum Gasteiger partial charge on any atom is -0.337 e. The number of hydrogen-bond donors (Lipinski definition) is 0. The van der Waals surface area contributed by atoms with Gasteiger partial charge < -0.3 is 4.90 Å². The second kappa shape index (κ2) is 6.79. The maximum absolute atomic E-state index is 12.5. The molecule has 0 saturated heterocycles. The van der Waals surface area contributed by atoms with E-state index in [-0.39, 0.29) is 5.91 Å². The van der Waals surface area contributed by atoms with Crippen LogP contribution in [-0.4, -0.2) is 27.6 Å². The number of benzene rings is 2. The fourth-order valence-corrected chi connectivity index (χ4v) is 2.80. The van der Waals surface area contributed by atoms with Crippen LogP contribution in [0.15, 0.2) is 71.5 Å². The SMILES string of the molecule is CN(Cc1cnn(-c2ccccc2)c1)C(=O)c1ccccc1Br. The fourth-order valence-electron chi connectivity index (χ4n) is 2.35. The van der Waals surface area contributed by atoms with Crippen molar-refractivity contribution in [1.29, 1.82) is 0 Å². The Morgan fingerprint density at radius 1 is 1.13 bits per heavy atom. The highest BCUT2D eigenvalue weighted by atomic mass is 79.9. The van der Waals surface area contributed by atoms with Crippen LogP contribution in [0.25, 0.3) is 5.69 Å². The minimum atomic E-state index is -0.0232. The van der Waals surface area contributed by atoms with E-state index in [9.17, 15) is 4.79 Å². The minimum absolute atomic E-state index is 0.0232. The van der Waals surface area contributed by atoms with Crippen LogP contribution < -0.4 is 0 Å². The highest BCUT2D eigenvalue weighted by molar-refractivity contribution is 9.10. The number of hydrogen-bond acceptors (Lipinski definition) is 2. The predicted octanol–water partition coefficient (Wildman–Crippen LogP) is 3.91. The largest absolute Gasteiger partial charge is 0.337 e. The zero-order valence-electron chi connectivity index (χ0n) is 12.7. The van der Waals surface area contributed by atoms with Gasteiger partial charge in [-0.25, -0.2) is 4.68 Å². The average molecular weight is 370 g/mol. The first kappa shape index (κ1) is 15.5. The molecule has 3 rings (SSSR count). The standard InChI is InChI=1S/C18H16BrN3O/c1-21(18(23)16-9-5-6-10-17(16)19)12-14-11-20-22(13-14)15-7-3-2-4-8-15/h2-11,13H,12H2,1H3. The molecule has 0 radical (unpaired) electrons. The van der Waals surface area contributed by atoms with Crippen molar-refractivity contribution < 1.29 is 4.79 Å². The zero-order chi connectivity index (χ0) is 16.2. The van der Waals surface area contributed by atoms with E-state index >= 15 is 0 Å². The van der Waals surface area contributed by atoms with E-state index in [4.69, 9.17) is 0 Å². The second-order valence-corrected chi connectivity index (χ2v) is 6.12. The summed E-state index contributed by atoms with van der Waals surface area (Å²) in [6.45, 7) is 0.507. The lowest BCUT2D eigenvalue weighted by molar-refractivity contribution is 0.0784. The van der Waals surface area contributed by atoms with Gasteiger partial charge in [-0.1, -0.05) is 30.3 Å². The summed E-state index contributed by atoms with van der Waals surface area (Å²) in [4.78, 5) is 14.2. The van der Waals surface area contributed by atoms with Gasteiger partial charge in [0.1, 0.15) is 0 Å². The number of aromatic nitrogens is 2. The highest BCUT2D eigenvalue weighted by Crippen LogP contribution is 2.18. The van der Waals surface area contributed by atoms with Crippen molar-refractivity contribution in [3.8, 4) is 5.69 Å². The van der Waals surface area contributed by atoms with Crippen LogP contribution in [-0.2, 0) is 6.54 Å². The topological polar surface area (TPSA) is 38.1 Å². The molecule has 0 unspecified atom stereocenters. The Morgan fingerprint density at radius 3 is 2.57 bits per heavy atom. The molecule has 0 spiro atoms. The monoisotopic (exact) mass is 369 g/mol. The molecule has 23 heavy (non-hydrogen) atoms. The summed E-state index contributed by atoms with van der Waals surface area (Å²) in [6, 6.07) is 17.3. The van der Waals surface area contributed by atoms with Gasteiger partial charge in [-0.15, -0.1) is 0 Å². The maximum Gasteiger partial charge on any atom is 0.255 e. The highest BCUT2D eigenvalue weighted by Gasteiger charge is 2.15. The second-order valence-electron chi connectivity index (χ2n) is 5.27. The number of carbonyl (C=O) groups excluding carboxylic acids is 1. The molecular formula is C18H16BrN3O. The van der Waals surface area contributed by atoms with Crippen molar-refractivity contribution in [3.05, 3.63) is 82.6 Å². The molecule has 0 fully saturated rings. The smallest absolute Gasteiger partial charge is 0.255 e. The lowest BCUT2D eigenvalue weighted by atomic mass is 10.2. The van der Waals surface area contributed by atoms with Crippen molar-refractivity contribution in [2.24, 2.45) is 0 Å². The molecule has 2 aromatic carbocycles. The number of rotatable bonds is 4. The molecule has 4 nitrogen and oxygen atoms in total. The van der Waals surface area contributed by atoms with E-state index in [0.717, 1.165) is 15.7 Å². The van der Waals surface area contributed by atoms with Gasteiger partial charge in [0.15, 0.2) is 0 Å². The Morgan fingerprint density at radius 2 is 1.83 bits per heavy atom. The van der Waals surface area contributed by atoms with Gasteiger partial charge in [0.05, 0.1) is 17.4 Å². The molecule has 0 bridgehead atoms. The van der Waals surface area contributed by atoms with Gasteiger partial charge in [0.2, 0.25) is 0 Å². The fraction of sp³-hybridized carbons (Fsp3) is 0.111. The molecule has 3 aromatic rings. The van der Waals surface area contributed by atoms with Crippen LogP contribution in [0.2, 0.25) is 0 Å². The quantitative estimate of drug-likeness (QED) is 0.699. The van der Waals surface area contributed by atoms with Crippen molar-refractivity contribution in [3.63, 3.8) is 0 Å². The first-order chi connectivity index (χ1) is 11.1. The van der Waals surface area contributed by atoms with Crippen molar-refractivity contribution >= 4 is 21.8 Å². The first-order valence-corrected chi connectivity index (χ1v) is 8.03. The lowest BCUT2D eigenvalue weighted by Crippen LogP contribution is -2.26. The summed E-state index contributed by atoms with van der Waals surface area (Å²) in [7, 11) is 1.79. The maximum atomic E-state index is 12.5. The third-order valence-corrected chi connectivity index (χ3v) is 4.22. The lowest BCUT2D eigenvalue weighted by Gasteiger charge is -2.17. The number of carbonyl (C=O) groups is 1. The summed E-state index contributed by atoms with van der Waals surface area (Å²) >= 11 is 3.42. The Kier molecular flexibility index (Phi) is 4.57. The molecule has 0 atom stereocenters. The Hall–Kier alpha value is -2.40. The van der Waals surface area contributed by atoms with Gasteiger partial charge in [0.25, 0.3) is 5.91 Å². The van der Waals surface area contributed by atoms with Crippen LogP contribution in [0, 0.1) is 0 Å². The van der Waals surface area contributed by atoms with Gasteiger partial charge in [-0.3, -0.25) is 4.79 Å². The number of para-hydroxylation sites is 1. The van der Waals surface area contributed by atoms with Crippen molar-refractivity contribution in [2.75, 3.05) is 7.05 Å². The van der Waals surface area contributed by atoms with E-state index < -0.39 is 0 Å². The summed E-state index contributed by atoms with van der Waals surface area (Å²) in [5, 5.41) is 4.36. The van der Waals surface area contributed by atoms with E-state index in [1.165, 1.54) is 0 Å². The summed E-state index contributed by atoms with van der Waals surface area (Å²) in [5.41, 5.74) is 2.64. The summed E-state index contributed by atoms with van der Waals surface area (Å²) < 4.78 is 2.61. The molecule has 0 saturated carbocycles. The van der Waals surface area contributed by atoms with Gasteiger partial charge in [-0.2, -0.15) is 5.10 Å². The van der Waals surface area contributed by atoms with Crippen molar-refractivity contribution in [2.45, 2.75) is 6.54 Å². The molecule has 0 N–H and O–H groups in total. The van der Waals surface area contributed by atoms with E-state index in [0.29, 0.717) is 12.1 Å². The van der Waals surface area contributed by atoms with Crippen LogP contribution >= 0.6 is 15.9 Å². The molecular weight excluding hydrogens is 354 g/mol. The van der Waals surface area contributed by atoms with Crippen LogP contribution in [0.5, 0.6) is 0 Å². The Labute approximate surface area is 143 Å². The van der Waals surface area contributed by atoms with E-state index in [1.54, 1.807) is 18.1 Å². The number of amides is 1. The van der Waals surface area contributed by atoms with E-state index in [1.807, 2.05) is 65.5 Å². The van der Waals surface area contributed by atoms with Crippen molar-refractivity contribution in [1.82, 2.24) is 14.7 Å². The van der Waals surface area contributed by atoms with Gasteiger partial charge >= 0.3 is 0 Å². The normalized spacial score (nSPS) is 10.5. The average Bonchev–Trinajstić information content (AvgIpc) is 3.04. The van der Waals surface area contributed by atoms with Crippen LogP contribution in [0.1, 0.15) is 15.9 Å². The molecule has 0 aliphatic carbocycles. The Balaban J connectivity index is 1.74. The zero-order valence-corrected chi connectivity index (χ0v) is 14.3. The molecule has 5 heteroatoms. The summed E-state index contributed by atoms with van der Waals surface area (Å²) in [5.74, 6) is -0.0232. The molecule has 116 valence electrons. The van der Waals surface area contributed by atoms with Gasteiger partial charge in [0, 0.05) is 29.8 Å². The Bertz CT molecular complexity index is 814. The van der Waals surface area contributed by atoms with Crippen LogP contribution in [0.4, 0.5) is 0 Å². The first-order valence-electron chi connectivity index (χ1n) is 7.24. The van der Waals surface area contributed by atoms with Gasteiger partial charge in [-0.05, 0) is 40.2 Å². The predicted molar refractivity (Wildman–Crippen MR) is 93.5 cm³/mol. The molecule has 0 aliphatic heterocycles. The number of nitrogens with zero attached hydrogens (tertiary/aromatic N) is 3. The molecule has 1 aromatic heterocycles.